The van der Waals surface area contributed by atoms with Crippen LogP contribution in [0.3, 0.4) is 0 Å². The van der Waals surface area contributed by atoms with Gasteiger partial charge in [0.25, 0.3) is 0 Å². The predicted molar refractivity (Wildman–Crippen MR) is 67.3 cm³/mol. The van der Waals surface area contributed by atoms with Gasteiger partial charge in [-0.1, -0.05) is 6.07 Å². The summed E-state index contributed by atoms with van der Waals surface area (Å²) in [5, 5.41) is 0. The highest BCUT2D eigenvalue weighted by Gasteiger charge is 2.32. The molecule has 2 aromatic rings. The summed E-state index contributed by atoms with van der Waals surface area (Å²) >= 11 is 0. The number of carbonyl (C=O) groups excluding carboxylic acids is 1. The number of carbonyl (C=O) groups is 1. The van der Waals surface area contributed by atoms with Crippen LogP contribution in [0.2, 0.25) is 0 Å². The molecule has 21 heavy (non-hydrogen) atoms. The molecule has 1 heterocycles. The highest BCUT2D eigenvalue weighted by atomic mass is 19.4. The van der Waals surface area contributed by atoms with Crippen molar-refractivity contribution in [2.45, 2.75) is 19.0 Å². The SMILES string of the molecule is O=C1CCc2c1cncc2-c1ccc(C(F)(F)F)cc1F. The molecule has 0 atom stereocenters. The van der Waals surface area contributed by atoms with Gasteiger partial charge in [-0.25, -0.2) is 4.39 Å². The van der Waals surface area contributed by atoms with Gasteiger partial charge in [0.1, 0.15) is 5.82 Å². The molecule has 1 aromatic carbocycles. The topological polar surface area (TPSA) is 30.0 Å². The molecule has 2 nitrogen and oxygen atoms in total. The number of rotatable bonds is 1. The standard InChI is InChI=1S/C15H9F4NO/c16-13-5-8(15(17,18)19)1-2-10(13)11-6-20-7-12-9(11)3-4-14(12)21/h1-2,5-7H,3-4H2. The third-order valence-corrected chi connectivity index (χ3v) is 3.55. The van der Waals surface area contributed by atoms with Gasteiger partial charge < -0.3 is 0 Å². The van der Waals surface area contributed by atoms with Crippen molar-refractivity contribution in [3.8, 4) is 11.1 Å². The molecular weight excluding hydrogens is 286 g/mol. The molecule has 0 bridgehead atoms. The molecule has 0 fully saturated rings. The average molecular weight is 295 g/mol. The summed E-state index contributed by atoms with van der Waals surface area (Å²) in [6.07, 6.45) is -1.03. The van der Waals surface area contributed by atoms with Crippen molar-refractivity contribution in [2.75, 3.05) is 0 Å². The fourth-order valence-electron chi connectivity index (χ4n) is 2.51. The van der Waals surface area contributed by atoms with E-state index in [1.807, 2.05) is 0 Å². The minimum atomic E-state index is -4.59. The molecule has 0 radical (unpaired) electrons. The van der Waals surface area contributed by atoms with Gasteiger partial charge in [-0.05, 0) is 24.1 Å². The van der Waals surface area contributed by atoms with Crippen molar-refractivity contribution < 1.29 is 22.4 Å². The lowest BCUT2D eigenvalue weighted by Gasteiger charge is -2.11. The highest BCUT2D eigenvalue weighted by Crippen LogP contribution is 2.36. The Morgan fingerprint density at radius 3 is 2.38 bits per heavy atom. The number of hydrogen-bond donors (Lipinski definition) is 0. The molecule has 6 heteroatoms. The molecular formula is C15H9F4NO. The number of fused-ring (bicyclic) bond motifs is 1. The molecule has 0 N–H and O–H groups in total. The van der Waals surface area contributed by atoms with Crippen molar-refractivity contribution >= 4 is 5.78 Å². The highest BCUT2D eigenvalue weighted by molar-refractivity contribution is 6.02. The van der Waals surface area contributed by atoms with Crippen molar-refractivity contribution in [1.82, 2.24) is 4.98 Å². The lowest BCUT2D eigenvalue weighted by Crippen LogP contribution is -2.05. The van der Waals surface area contributed by atoms with Crippen LogP contribution < -0.4 is 0 Å². The summed E-state index contributed by atoms with van der Waals surface area (Å²) in [5.74, 6) is -1.05. The number of Topliss-reactive ketones (excluding diaryl/α,β-unsaturated/α-hetero) is 1. The van der Waals surface area contributed by atoms with Crippen LogP contribution in [-0.2, 0) is 12.6 Å². The largest absolute Gasteiger partial charge is 0.416 e. The summed E-state index contributed by atoms with van der Waals surface area (Å²) in [5.41, 5.74) is 0.437. The maximum atomic E-state index is 14.0. The third kappa shape index (κ3) is 2.30. The minimum Gasteiger partial charge on any atom is -0.294 e. The van der Waals surface area contributed by atoms with Crippen LogP contribution in [0.4, 0.5) is 17.6 Å². The molecule has 0 amide bonds. The molecule has 1 aromatic heterocycles. The van der Waals surface area contributed by atoms with Crippen LogP contribution >= 0.6 is 0 Å². The zero-order valence-electron chi connectivity index (χ0n) is 10.7. The maximum Gasteiger partial charge on any atom is 0.416 e. The monoisotopic (exact) mass is 295 g/mol. The summed E-state index contributed by atoms with van der Waals surface area (Å²) in [4.78, 5) is 15.5. The smallest absolute Gasteiger partial charge is 0.294 e. The Balaban J connectivity index is 2.13. The van der Waals surface area contributed by atoms with Gasteiger partial charge in [-0.15, -0.1) is 0 Å². The van der Waals surface area contributed by atoms with Gasteiger partial charge in [0.2, 0.25) is 0 Å². The minimum absolute atomic E-state index is 0.0297. The van der Waals surface area contributed by atoms with E-state index in [1.165, 1.54) is 12.4 Å². The van der Waals surface area contributed by atoms with Gasteiger partial charge in [0, 0.05) is 35.5 Å². The Labute approximate surface area is 117 Å². The van der Waals surface area contributed by atoms with E-state index in [0.29, 0.717) is 35.6 Å². The Morgan fingerprint density at radius 1 is 1.00 bits per heavy atom. The molecule has 108 valence electrons. The number of halogens is 4. The Morgan fingerprint density at radius 2 is 1.71 bits per heavy atom. The van der Waals surface area contributed by atoms with Crippen LogP contribution in [-0.4, -0.2) is 10.8 Å². The van der Waals surface area contributed by atoms with Gasteiger partial charge in [-0.3, -0.25) is 9.78 Å². The number of alkyl halides is 3. The van der Waals surface area contributed by atoms with E-state index in [4.69, 9.17) is 0 Å². The number of aromatic nitrogens is 1. The third-order valence-electron chi connectivity index (χ3n) is 3.55. The Hall–Kier alpha value is -2.24. The van der Waals surface area contributed by atoms with E-state index in [9.17, 15) is 22.4 Å². The Kier molecular flexibility index (Phi) is 3.04. The fourth-order valence-corrected chi connectivity index (χ4v) is 2.51. The number of benzene rings is 1. The van der Waals surface area contributed by atoms with E-state index in [2.05, 4.69) is 4.98 Å². The molecule has 0 saturated carbocycles. The molecule has 0 saturated heterocycles. The van der Waals surface area contributed by atoms with E-state index < -0.39 is 17.6 Å². The zero-order chi connectivity index (χ0) is 15.2. The molecule has 1 aliphatic rings. The maximum absolute atomic E-state index is 14.0. The average Bonchev–Trinajstić information content (AvgIpc) is 2.80. The second-order valence-corrected chi connectivity index (χ2v) is 4.83. The first-order valence-electron chi connectivity index (χ1n) is 6.25. The fraction of sp³-hybridized carbons (Fsp3) is 0.200. The summed E-state index contributed by atoms with van der Waals surface area (Å²) < 4.78 is 51.7. The number of ketones is 1. The van der Waals surface area contributed by atoms with Gasteiger partial charge in [0.15, 0.2) is 5.78 Å². The van der Waals surface area contributed by atoms with E-state index in [-0.39, 0.29) is 11.3 Å². The lowest BCUT2D eigenvalue weighted by molar-refractivity contribution is -0.137. The lowest BCUT2D eigenvalue weighted by atomic mass is 9.98. The molecule has 0 aliphatic heterocycles. The van der Waals surface area contributed by atoms with Gasteiger partial charge >= 0.3 is 6.18 Å². The second kappa shape index (κ2) is 4.65. The summed E-state index contributed by atoms with van der Waals surface area (Å²) in [7, 11) is 0. The molecule has 3 rings (SSSR count). The van der Waals surface area contributed by atoms with Crippen LogP contribution in [0.5, 0.6) is 0 Å². The normalized spacial score (nSPS) is 14.4. The van der Waals surface area contributed by atoms with Crippen molar-refractivity contribution in [2.24, 2.45) is 0 Å². The first kappa shape index (κ1) is 13.7. The number of pyridine rings is 1. The Bertz CT molecular complexity index is 737. The first-order chi connectivity index (χ1) is 9.88. The van der Waals surface area contributed by atoms with Crippen LogP contribution in [0.25, 0.3) is 11.1 Å². The van der Waals surface area contributed by atoms with Crippen molar-refractivity contribution in [1.29, 1.82) is 0 Å². The van der Waals surface area contributed by atoms with E-state index in [0.717, 1.165) is 12.1 Å². The van der Waals surface area contributed by atoms with Crippen LogP contribution in [0.1, 0.15) is 27.9 Å². The summed E-state index contributed by atoms with van der Waals surface area (Å²) in [6.45, 7) is 0. The number of nitrogens with zero attached hydrogens (tertiary/aromatic N) is 1. The van der Waals surface area contributed by atoms with E-state index in [1.54, 1.807) is 0 Å². The zero-order valence-corrected chi connectivity index (χ0v) is 10.7. The number of hydrogen-bond acceptors (Lipinski definition) is 2. The first-order valence-corrected chi connectivity index (χ1v) is 6.25. The molecule has 1 aliphatic carbocycles. The van der Waals surface area contributed by atoms with Crippen molar-refractivity contribution in [3.05, 3.63) is 53.1 Å². The van der Waals surface area contributed by atoms with Crippen molar-refractivity contribution in [3.63, 3.8) is 0 Å². The van der Waals surface area contributed by atoms with Crippen LogP contribution in [0, 0.1) is 5.82 Å². The second-order valence-electron chi connectivity index (χ2n) is 4.83. The van der Waals surface area contributed by atoms with Gasteiger partial charge in [0.05, 0.1) is 5.56 Å². The summed E-state index contributed by atoms with van der Waals surface area (Å²) in [6, 6.07) is 2.37. The quantitative estimate of drug-likeness (QED) is 0.743. The molecule has 0 spiro atoms. The van der Waals surface area contributed by atoms with Gasteiger partial charge in [-0.2, -0.15) is 13.2 Å². The molecule has 0 unspecified atom stereocenters. The van der Waals surface area contributed by atoms with Crippen LogP contribution in [0.15, 0.2) is 30.6 Å². The predicted octanol–water partition coefficient (Wildman–Crippen LogP) is 4.04. The van der Waals surface area contributed by atoms with E-state index >= 15 is 0 Å².